The lowest BCUT2D eigenvalue weighted by Gasteiger charge is -2.25. The molecule has 2 aliphatic rings. The molecule has 0 N–H and O–H groups in total. The second-order valence-electron chi connectivity index (χ2n) is 5.23. The van der Waals surface area contributed by atoms with Crippen LogP contribution in [0.25, 0.3) is 16.8 Å². The van der Waals surface area contributed by atoms with Crippen LogP contribution in [-0.4, -0.2) is 11.0 Å². The number of thioether (sulfide) groups is 1. The second kappa shape index (κ2) is 4.17. The second-order valence-corrected chi connectivity index (χ2v) is 6.58. The molecule has 1 heterocycles. The van der Waals surface area contributed by atoms with Crippen LogP contribution in [0.2, 0.25) is 0 Å². The molecule has 1 aliphatic heterocycles. The van der Waals surface area contributed by atoms with Gasteiger partial charge in [0.2, 0.25) is 0 Å². The van der Waals surface area contributed by atoms with Crippen LogP contribution in [0.5, 0.6) is 0 Å². The van der Waals surface area contributed by atoms with Crippen molar-refractivity contribution in [3.05, 3.63) is 53.6 Å². The Morgan fingerprint density at radius 3 is 2.78 bits per heavy atom. The van der Waals surface area contributed by atoms with Gasteiger partial charge in [0.1, 0.15) is 0 Å². The minimum atomic E-state index is 0.621. The maximum atomic E-state index is 2.43. The lowest BCUT2D eigenvalue weighted by atomic mass is 9.83. The van der Waals surface area contributed by atoms with Gasteiger partial charge in [-0.1, -0.05) is 48.6 Å². The normalized spacial score (nSPS) is 25.8. The molecule has 18 heavy (non-hydrogen) atoms. The van der Waals surface area contributed by atoms with Crippen molar-refractivity contribution in [2.75, 3.05) is 5.75 Å². The Morgan fingerprint density at radius 2 is 1.94 bits per heavy atom. The van der Waals surface area contributed by atoms with Crippen LogP contribution < -0.4 is 0 Å². The van der Waals surface area contributed by atoms with E-state index in [2.05, 4.69) is 60.3 Å². The van der Waals surface area contributed by atoms with Crippen molar-refractivity contribution < 1.29 is 0 Å². The molecule has 1 saturated heterocycles. The van der Waals surface area contributed by atoms with Gasteiger partial charge in [-0.2, -0.15) is 11.8 Å². The maximum Gasteiger partial charge on any atom is 0.0151 e. The summed E-state index contributed by atoms with van der Waals surface area (Å²) in [5, 5.41) is 3.67. The van der Waals surface area contributed by atoms with Gasteiger partial charge in [-0.25, -0.2) is 0 Å². The molecule has 2 aromatic rings. The van der Waals surface area contributed by atoms with Gasteiger partial charge >= 0.3 is 0 Å². The van der Waals surface area contributed by atoms with Crippen LogP contribution in [0.4, 0.5) is 0 Å². The zero-order valence-electron chi connectivity index (χ0n) is 10.3. The Hall–Kier alpha value is -1.21. The van der Waals surface area contributed by atoms with E-state index in [1.807, 2.05) is 0 Å². The third kappa shape index (κ3) is 1.54. The first kappa shape index (κ1) is 10.7. The van der Waals surface area contributed by atoms with Crippen molar-refractivity contribution in [2.24, 2.45) is 0 Å². The van der Waals surface area contributed by atoms with Crippen LogP contribution in [0.15, 0.2) is 42.5 Å². The lowest BCUT2D eigenvalue weighted by Crippen LogP contribution is -2.13. The van der Waals surface area contributed by atoms with Crippen molar-refractivity contribution in [3.63, 3.8) is 0 Å². The van der Waals surface area contributed by atoms with E-state index in [4.69, 9.17) is 0 Å². The van der Waals surface area contributed by atoms with Crippen molar-refractivity contribution >= 4 is 28.6 Å². The number of rotatable bonds is 1. The largest absolute Gasteiger partial charge is 0.158 e. The fraction of sp³-hybridized carbons (Fsp3) is 0.294. The highest BCUT2D eigenvalue weighted by atomic mass is 32.2. The molecule has 4 rings (SSSR count). The third-order valence-corrected chi connectivity index (χ3v) is 5.66. The van der Waals surface area contributed by atoms with Crippen molar-refractivity contribution in [1.29, 1.82) is 0 Å². The molecular formula is C17H16S. The van der Waals surface area contributed by atoms with E-state index in [0.717, 1.165) is 5.25 Å². The van der Waals surface area contributed by atoms with Crippen molar-refractivity contribution in [1.82, 2.24) is 0 Å². The molecular weight excluding hydrogens is 236 g/mol. The standard InChI is InChI=1S/C17H16S/c1-4-12-6-2-7-15-14(16-8-3-11-18-16)10-9-13(5-1)17(12)15/h1-2,4-7,9-10,14,16H,3,8,11H2. The summed E-state index contributed by atoms with van der Waals surface area (Å²) >= 11 is 2.16. The Labute approximate surface area is 112 Å². The van der Waals surface area contributed by atoms with Gasteiger partial charge in [0.15, 0.2) is 0 Å². The Kier molecular flexibility index (Phi) is 2.47. The summed E-state index contributed by atoms with van der Waals surface area (Å²) in [5.41, 5.74) is 2.94. The molecule has 2 aromatic carbocycles. The highest BCUT2D eigenvalue weighted by Gasteiger charge is 2.28. The predicted molar refractivity (Wildman–Crippen MR) is 81.2 cm³/mol. The zero-order chi connectivity index (χ0) is 11.9. The average molecular weight is 252 g/mol. The van der Waals surface area contributed by atoms with Gasteiger partial charge in [-0.05, 0) is 40.5 Å². The molecule has 0 saturated carbocycles. The minimum Gasteiger partial charge on any atom is -0.158 e. The monoisotopic (exact) mass is 252 g/mol. The van der Waals surface area contributed by atoms with Crippen LogP contribution in [0.1, 0.15) is 29.9 Å². The van der Waals surface area contributed by atoms with E-state index in [1.54, 1.807) is 5.56 Å². The van der Waals surface area contributed by atoms with Gasteiger partial charge in [0.05, 0.1) is 0 Å². The summed E-state index contributed by atoms with van der Waals surface area (Å²) in [5.74, 6) is 1.96. The van der Waals surface area contributed by atoms with Gasteiger partial charge in [0.25, 0.3) is 0 Å². The SMILES string of the molecule is C1=CC(C2CCCS2)c2cccc3cccc1c23. The Morgan fingerprint density at radius 1 is 1.06 bits per heavy atom. The quantitative estimate of drug-likeness (QED) is 0.699. The molecule has 0 radical (unpaired) electrons. The zero-order valence-corrected chi connectivity index (χ0v) is 11.1. The van der Waals surface area contributed by atoms with Gasteiger partial charge in [-0.15, -0.1) is 0 Å². The van der Waals surface area contributed by atoms with E-state index in [9.17, 15) is 0 Å². The number of benzene rings is 2. The fourth-order valence-electron chi connectivity index (χ4n) is 3.34. The molecule has 0 amide bonds. The Bertz CT molecular complexity index is 615. The Balaban J connectivity index is 1.92. The summed E-state index contributed by atoms with van der Waals surface area (Å²) in [7, 11) is 0. The smallest absolute Gasteiger partial charge is 0.0151 e. The highest BCUT2D eigenvalue weighted by molar-refractivity contribution is 8.00. The summed E-state index contributed by atoms with van der Waals surface area (Å²) in [6.07, 6.45) is 7.52. The first-order valence-corrected chi connectivity index (χ1v) is 7.80. The lowest BCUT2D eigenvalue weighted by molar-refractivity contribution is 0.719. The van der Waals surface area contributed by atoms with E-state index in [1.165, 1.54) is 34.9 Å². The summed E-state index contributed by atoms with van der Waals surface area (Å²) in [6.45, 7) is 0. The summed E-state index contributed by atoms with van der Waals surface area (Å²) in [6, 6.07) is 13.4. The first-order valence-electron chi connectivity index (χ1n) is 6.75. The fourth-order valence-corrected chi connectivity index (χ4v) is 4.75. The molecule has 0 aromatic heterocycles. The molecule has 2 atom stereocenters. The number of hydrogen-bond donors (Lipinski definition) is 0. The molecule has 1 fully saturated rings. The van der Waals surface area contributed by atoms with Gasteiger partial charge in [0, 0.05) is 11.2 Å². The molecule has 0 bridgehead atoms. The molecule has 90 valence electrons. The summed E-state index contributed by atoms with van der Waals surface area (Å²) < 4.78 is 0. The van der Waals surface area contributed by atoms with Crippen LogP contribution in [0, 0.1) is 0 Å². The van der Waals surface area contributed by atoms with E-state index < -0.39 is 0 Å². The van der Waals surface area contributed by atoms with Crippen LogP contribution in [-0.2, 0) is 0 Å². The molecule has 0 spiro atoms. The number of hydrogen-bond acceptors (Lipinski definition) is 1. The highest BCUT2D eigenvalue weighted by Crippen LogP contribution is 2.43. The van der Waals surface area contributed by atoms with Gasteiger partial charge < -0.3 is 0 Å². The van der Waals surface area contributed by atoms with Crippen LogP contribution in [0.3, 0.4) is 0 Å². The maximum absolute atomic E-state index is 2.43. The van der Waals surface area contributed by atoms with Crippen molar-refractivity contribution in [3.8, 4) is 0 Å². The molecule has 1 heteroatoms. The molecule has 0 nitrogen and oxygen atoms in total. The first-order chi connectivity index (χ1) is 8.93. The predicted octanol–water partition coefficient (Wildman–Crippen LogP) is 4.85. The third-order valence-electron chi connectivity index (χ3n) is 4.18. The van der Waals surface area contributed by atoms with E-state index in [-0.39, 0.29) is 0 Å². The topological polar surface area (TPSA) is 0 Å². The van der Waals surface area contributed by atoms with E-state index in [0.29, 0.717) is 5.92 Å². The van der Waals surface area contributed by atoms with Crippen LogP contribution >= 0.6 is 11.8 Å². The van der Waals surface area contributed by atoms with E-state index >= 15 is 0 Å². The number of allylic oxidation sites excluding steroid dienone is 1. The average Bonchev–Trinajstić information content (AvgIpc) is 2.94. The van der Waals surface area contributed by atoms with Crippen molar-refractivity contribution in [2.45, 2.75) is 24.0 Å². The molecule has 2 unspecified atom stereocenters. The summed E-state index contributed by atoms with van der Waals surface area (Å²) in [4.78, 5) is 0. The van der Waals surface area contributed by atoms with Gasteiger partial charge in [-0.3, -0.25) is 0 Å². The molecule has 1 aliphatic carbocycles. The minimum absolute atomic E-state index is 0.621.